The fourth-order valence-corrected chi connectivity index (χ4v) is 4.92. The molecule has 0 bridgehead atoms. The van der Waals surface area contributed by atoms with E-state index in [4.69, 9.17) is 16.3 Å². The van der Waals surface area contributed by atoms with Gasteiger partial charge in [-0.3, -0.25) is 4.90 Å². The van der Waals surface area contributed by atoms with Gasteiger partial charge in [0.15, 0.2) is 0 Å². The number of rotatable bonds is 7. The van der Waals surface area contributed by atoms with Crippen LogP contribution in [0.1, 0.15) is 40.0 Å². The Morgan fingerprint density at radius 1 is 0.694 bits per heavy atom. The monoisotopic (exact) mass is 507 g/mol. The predicted octanol–water partition coefficient (Wildman–Crippen LogP) is 7.94. The van der Waals surface area contributed by atoms with Crippen molar-refractivity contribution >= 4 is 11.6 Å². The molecule has 1 aliphatic rings. The van der Waals surface area contributed by atoms with Crippen LogP contribution >= 0.6 is 11.6 Å². The van der Waals surface area contributed by atoms with E-state index in [0.717, 1.165) is 6.07 Å². The Morgan fingerprint density at radius 3 is 1.78 bits per heavy atom. The quantitative estimate of drug-likeness (QED) is 0.252. The molecule has 0 spiro atoms. The highest BCUT2D eigenvalue weighted by atomic mass is 35.5. The summed E-state index contributed by atoms with van der Waals surface area (Å²) in [5, 5.41) is 0.519. The van der Waals surface area contributed by atoms with Crippen LogP contribution in [-0.4, -0.2) is 24.1 Å². The first-order valence-corrected chi connectivity index (χ1v) is 12.2. The van der Waals surface area contributed by atoms with E-state index >= 15 is 0 Å². The topological polar surface area (TPSA) is 12.5 Å². The number of likely N-dealkylation sites (tertiary alicyclic amines) is 1. The third kappa shape index (κ3) is 5.34. The number of halogens is 4. The van der Waals surface area contributed by atoms with Gasteiger partial charge in [0.05, 0.1) is 17.7 Å². The molecule has 1 heterocycles. The number of hydrogen-bond donors (Lipinski definition) is 0. The maximum Gasteiger partial charge on any atom is 0.416 e. The molecule has 4 aromatic rings. The van der Waals surface area contributed by atoms with Crippen LogP contribution in [0.5, 0.6) is 0 Å². The second-order valence-electron chi connectivity index (χ2n) is 8.95. The van der Waals surface area contributed by atoms with Crippen molar-refractivity contribution in [2.75, 3.05) is 13.1 Å². The van der Waals surface area contributed by atoms with Gasteiger partial charge in [0.1, 0.15) is 6.10 Å². The van der Waals surface area contributed by atoms with Crippen molar-refractivity contribution in [3.05, 3.63) is 142 Å². The molecule has 2 nitrogen and oxygen atoms in total. The fraction of sp³-hybridized carbons (Fsp3) is 0.200. The highest BCUT2D eigenvalue weighted by Crippen LogP contribution is 2.40. The smallest absolute Gasteiger partial charge is 0.363 e. The molecule has 0 N–H and O–H groups in total. The molecule has 0 aromatic heterocycles. The van der Waals surface area contributed by atoms with Crippen LogP contribution in [0.15, 0.2) is 109 Å². The van der Waals surface area contributed by atoms with Gasteiger partial charge >= 0.3 is 6.18 Å². The van der Waals surface area contributed by atoms with Crippen LogP contribution in [0.3, 0.4) is 0 Å². The Balaban J connectivity index is 1.41. The zero-order chi connectivity index (χ0) is 25.1. The van der Waals surface area contributed by atoms with E-state index in [-0.39, 0.29) is 17.7 Å². The van der Waals surface area contributed by atoms with Gasteiger partial charge in [0.2, 0.25) is 0 Å². The van der Waals surface area contributed by atoms with Crippen molar-refractivity contribution in [1.82, 2.24) is 4.90 Å². The van der Waals surface area contributed by atoms with E-state index < -0.39 is 17.8 Å². The van der Waals surface area contributed by atoms with E-state index in [2.05, 4.69) is 29.2 Å². The lowest BCUT2D eigenvalue weighted by Gasteiger charge is -2.45. The highest BCUT2D eigenvalue weighted by Gasteiger charge is 2.39. The van der Waals surface area contributed by atoms with Crippen molar-refractivity contribution in [2.24, 2.45) is 0 Å². The molecule has 1 saturated heterocycles. The Bertz CT molecular complexity index is 1230. The molecule has 1 atom stereocenters. The van der Waals surface area contributed by atoms with Crippen LogP contribution in [0.25, 0.3) is 0 Å². The molecule has 1 fully saturated rings. The molecular weight excluding hydrogens is 483 g/mol. The molecule has 0 saturated carbocycles. The molecule has 1 aliphatic heterocycles. The van der Waals surface area contributed by atoms with Crippen molar-refractivity contribution in [3.63, 3.8) is 0 Å². The summed E-state index contributed by atoms with van der Waals surface area (Å²) in [4.78, 5) is 2.30. The standard InChI is InChI=1S/C30H25ClF3NO/c31-24-17-15-23(16-18-24)29(26-13-7-8-14-27(26)30(32,33)34)36-25-19-35(20-25)28(21-9-3-1-4-10-21)22-11-5-2-6-12-22/h1-18,25,28-29H,19-20H2. The van der Waals surface area contributed by atoms with Gasteiger partial charge in [0.25, 0.3) is 0 Å². The molecule has 5 rings (SSSR count). The summed E-state index contributed by atoms with van der Waals surface area (Å²) in [6, 6.07) is 32.9. The first-order valence-electron chi connectivity index (χ1n) is 11.8. The SMILES string of the molecule is FC(F)(F)c1ccccc1C(OC1CN(C(c2ccccc2)c2ccccc2)C1)c1ccc(Cl)cc1. The van der Waals surface area contributed by atoms with E-state index in [9.17, 15) is 13.2 Å². The van der Waals surface area contributed by atoms with Gasteiger partial charge in [-0.15, -0.1) is 0 Å². The first-order chi connectivity index (χ1) is 17.4. The molecule has 1 unspecified atom stereocenters. The van der Waals surface area contributed by atoms with Crippen molar-refractivity contribution in [3.8, 4) is 0 Å². The lowest BCUT2D eigenvalue weighted by molar-refractivity contribution is -0.141. The van der Waals surface area contributed by atoms with Crippen molar-refractivity contribution in [2.45, 2.75) is 24.4 Å². The normalized spacial score (nSPS) is 15.6. The summed E-state index contributed by atoms with van der Waals surface area (Å²) in [6.07, 6.45) is -5.57. The second kappa shape index (κ2) is 10.5. The Labute approximate surface area is 213 Å². The van der Waals surface area contributed by atoms with Gasteiger partial charge < -0.3 is 4.74 Å². The van der Waals surface area contributed by atoms with Crippen LogP contribution in [0, 0.1) is 0 Å². The third-order valence-electron chi connectivity index (χ3n) is 6.52. The highest BCUT2D eigenvalue weighted by molar-refractivity contribution is 6.30. The van der Waals surface area contributed by atoms with E-state index in [1.807, 2.05) is 36.4 Å². The summed E-state index contributed by atoms with van der Waals surface area (Å²) < 4.78 is 48.0. The number of alkyl halides is 3. The number of ether oxygens (including phenoxy) is 1. The molecule has 0 amide bonds. The van der Waals surface area contributed by atoms with Gasteiger partial charge in [0, 0.05) is 18.1 Å². The summed E-state index contributed by atoms with van der Waals surface area (Å²) in [7, 11) is 0. The van der Waals surface area contributed by atoms with Crippen LogP contribution in [-0.2, 0) is 10.9 Å². The fourth-order valence-electron chi connectivity index (χ4n) is 4.80. The van der Waals surface area contributed by atoms with E-state index in [1.165, 1.54) is 23.3 Å². The minimum atomic E-state index is -4.48. The zero-order valence-corrected chi connectivity index (χ0v) is 20.2. The Hall–Kier alpha value is -3.12. The molecule has 0 radical (unpaired) electrons. The molecular formula is C30H25ClF3NO. The zero-order valence-electron chi connectivity index (χ0n) is 19.4. The average Bonchev–Trinajstić information content (AvgIpc) is 2.87. The van der Waals surface area contributed by atoms with Crippen molar-refractivity contribution in [1.29, 1.82) is 0 Å². The third-order valence-corrected chi connectivity index (χ3v) is 6.77. The second-order valence-corrected chi connectivity index (χ2v) is 9.39. The van der Waals surface area contributed by atoms with Gasteiger partial charge in [-0.25, -0.2) is 0 Å². The molecule has 4 aromatic carbocycles. The molecule has 184 valence electrons. The minimum absolute atomic E-state index is 0.0451. The summed E-state index contributed by atoms with van der Waals surface area (Å²) in [6.45, 7) is 1.21. The average molecular weight is 508 g/mol. The summed E-state index contributed by atoms with van der Waals surface area (Å²) in [5.41, 5.74) is 2.39. The van der Waals surface area contributed by atoms with Crippen molar-refractivity contribution < 1.29 is 17.9 Å². The number of nitrogens with zero attached hydrogens (tertiary/aromatic N) is 1. The maximum absolute atomic E-state index is 13.9. The minimum Gasteiger partial charge on any atom is -0.363 e. The molecule has 36 heavy (non-hydrogen) atoms. The number of benzene rings is 4. The van der Waals surface area contributed by atoms with Crippen LogP contribution < -0.4 is 0 Å². The van der Waals surface area contributed by atoms with Crippen LogP contribution in [0.2, 0.25) is 5.02 Å². The Morgan fingerprint density at radius 2 is 1.22 bits per heavy atom. The molecule has 6 heteroatoms. The number of hydrogen-bond acceptors (Lipinski definition) is 2. The Kier molecular flexibility index (Phi) is 7.15. The summed E-state index contributed by atoms with van der Waals surface area (Å²) in [5.74, 6) is 0. The van der Waals surface area contributed by atoms with Crippen LogP contribution in [0.4, 0.5) is 13.2 Å². The van der Waals surface area contributed by atoms with E-state index in [1.54, 1.807) is 30.3 Å². The van der Waals surface area contributed by atoms with Gasteiger partial charge in [-0.1, -0.05) is 103 Å². The van der Waals surface area contributed by atoms with E-state index in [0.29, 0.717) is 23.7 Å². The maximum atomic E-state index is 13.9. The largest absolute Gasteiger partial charge is 0.416 e. The lowest BCUT2D eigenvalue weighted by atomic mass is 9.93. The predicted molar refractivity (Wildman–Crippen MR) is 136 cm³/mol. The van der Waals surface area contributed by atoms with Gasteiger partial charge in [-0.05, 0) is 40.5 Å². The lowest BCUT2D eigenvalue weighted by Crippen LogP contribution is -2.54. The summed E-state index contributed by atoms with van der Waals surface area (Å²) >= 11 is 6.05. The first kappa shape index (κ1) is 24.6. The van der Waals surface area contributed by atoms with Gasteiger partial charge in [-0.2, -0.15) is 13.2 Å². The molecule has 0 aliphatic carbocycles.